The van der Waals surface area contributed by atoms with Gasteiger partial charge in [0.05, 0.1) is 0 Å². The molecule has 3 heteroatoms. The van der Waals surface area contributed by atoms with Crippen molar-refractivity contribution in [3.63, 3.8) is 0 Å². The maximum Gasteiger partial charge on any atom is 0.159 e. The Morgan fingerprint density at radius 2 is 1.64 bits per heavy atom. The summed E-state index contributed by atoms with van der Waals surface area (Å²) in [4.78, 5) is 2.43. The Kier molecular flexibility index (Phi) is 4.64. The van der Waals surface area contributed by atoms with Crippen molar-refractivity contribution in [2.24, 2.45) is 0 Å². The van der Waals surface area contributed by atoms with Gasteiger partial charge in [-0.2, -0.15) is 0 Å². The van der Waals surface area contributed by atoms with Gasteiger partial charge in [-0.1, -0.05) is 48.0 Å². The standard InChI is InChI=1S/C19H19F2N/c20-18-7-6-17(13-19(18)21)12-15-8-10-22(11-9-15)14-16-4-2-1-3-5-16/h1-7,12-13H,8-11,14H2. The molecular formula is C19H19F2N. The molecule has 1 saturated heterocycles. The second kappa shape index (κ2) is 6.84. The van der Waals surface area contributed by atoms with E-state index in [0.717, 1.165) is 38.0 Å². The highest BCUT2D eigenvalue weighted by Gasteiger charge is 2.14. The highest BCUT2D eigenvalue weighted by molar-refractivity contribution is 5.53. The van der Waals surface area contributed by atoms with E-state index < -0.39 is 11.6 Å². The quantitative estimate of drug-likeness (QED) is 0.798. The lowest BCUT2D eigenvalue weighted by Gasteiger charge is -2.28. The van der Waals surface area contributed by atoms with Gasteiger partial charge in [-0.25, -0.2) is 8.78 Å². The van der Waals surface area contributed by atoms with Gasteiger partial charge in [0.25, 0.3) is 0 Å². The van der Waals surface area contributed by atoms with Crippen LogP contribution in [0.5, 0.6) is 0 Å². The van der Waals surface area contributed by atoms with Crippen molar-refractivity contribution < 1.29 is 8.78 Å². The van der Waals surface area contributed by atoms with Crippen LogP contribution in [-0.4, -0.2) is 18.0 Å². The molecule has 1 heterocycles. The van der Waals surface area contributed by atoms with E-state index in [1.165, 1.54) is 23.3 Å². The van der Waals surface area contributed by atoms with E-state index in [9.17, 15) is 8.78 Å². The first-order valence-corrected chi connectivity index (χ1v) is 7.61. The SMILES string of the molecule is Fc1ccc(C=C2CCN(Cc3ccccc3)CC2)cc1F. The highest BCUT2D eigenvalue weighted by atomic mass is 19.2. The number of nitrogens with zero attached hydrogens (tertiary/aromatic N) is 1. The lowest BCUT2D eigenvalue weighted by atomic mass is 10.0. The third-order valence-corrected chi connectivity index (χ3v) is 4.06. The van der Waals surface area contributed by atoms with E-state index in [4.69, 9.17) is 0 Å². The van der Waals surface area contributed by atoms with Gasteiger partial charge in [0.15, 0.2) is 11.6 Å². The molecule has 1 fully saturated rings. The molecule has 1 aliphatic rings. The first-order valence-electron chi connectivity index (χ1n) is 7.61. The molecule has 1 nitrogen and oxygen atoms in total. The average Bonchev–Trinajstić information content (AvgIpc) is 2.54. The first kappa shape index (κ1) is 14.9. The minimum absolute atomic E-state index is 0.741. The monoisotopic (exact) mass is 299 g/mol. The third kappa shape index (κ3) is 3.80. The van der Waals surface area contributed by atoms with Crippen LogP contribution in [0.15, 0.2) is 54.1 Å². The Labute approximate surface area is 129 Å². The molecule has 0 saturated carbocycles. The molecule has 0 atom stereocenters. The molecule has 0 aromatic heterocycles. The lowest BCUT2D eigenvalue weighted by Crippen LogP contribution is -2.30. The van der Waals surface area contributed by atoms with Gasteiger partial charge < -0.3 is 0 Å². The minimum Gasteiger partial charge on any atom is -0.298 e. The molecule has 0 spiro atoms. The molecule has 2 aromatic rings. The fraction of sp³-hybridized carbons (Fsp3) is 0.263. The fourth-order valence-corrected chi connectivity index (χ4v) is 2.82. The van der Waals surface area contributed by atoms with Crippen molar-refractivity contribution in [1.29, 1.82) is 0 Å². The molecule has 114 valence electrons. The van der Waals surface area contributed by atoms with Crippen LogP contribution in [-0.2, 0) is 6.54 Å². The van der Waals surface area contributed by atoms with E-state index in [2.05, 4.69) is 29.2 Å². The van der Waals surface area contributed by atoms with Crippen LogP contribution < -0.4 is 0 Å². The summed E-state index contributed by atoms with van der Waals surface area (Å²) < 4.78 is 26.2. The number of piperidine rings is 1. The molecule has 0 amide bonds. The summed E-state index contributed by atoms with van der Waals surface area (Å²) in [7, 11) is 0. The molecule has 1 aliphatic heterocycles. The van der Waals surface area contributed by atoms with Crippen LogP contribution in [0.1, 0.15) is 24.0 Å². The molecule has 0 unspecified atom stereocenters. The van der Waals surface area contributed by atoms with Crippen LogP contribution in [0.2, 0.25) is 0 Å². The summed E-state index contributed by atoms with van der Waals surface area (Å²) in [5.41, 5.74) is 3.37. The average molecular weight is 299 g/mol. The van der Waals surface area contributed by atoms with Crippen LogP contribution >= 0.6 is 0 Å². The van der Waals surface area contributed by atoms with Gasteiger partial charge in [0, 0.05) is 19.6 Å². The number of hydrogen-bond donors (Lipinski definition) is 0. The number of halogens is 2. The highest BCUT2D eigenvalue weighted by Crippen LogP contribution is 2.21. The van der Waals surface area contributed by atoms with E-state index in [0.29, 0.717) is 0 Å². The smallest absolute Gasteiger partial charge is 0.159 e. The maximum absolute atomic E-state index is 13.2. The second-order valence-electron chi connectivity index (χ2n) is 5.74. The Morgan fingerprint density at radius 1 is 0.909 bits per heavy atom. The van der Waals surface area contributed by atoms with Crippen molar-refractivity contribution in [3.8, 4) is 0 Å². The van der Waals surface area contributed by atoms with Gasteiger partial charge in [0.1, 0.15) is 0 Å². The van der Waals surface area contributed by atoms with Crippen LogP contribution in [0, 0.1) is 11.6 Å². The summed E-state index contributed by atoms with van der Waals surface area (Å²) in [5, 5.41) is 0. The number of rotatable bonds is 3. The van der Waals surface area contributed by atoms with E-state index in [1.54, 1.807) is 6.07 Å². The second-order valence-corrected chi connectivity index (χ2v) is 5.74. The Morgan fingerprint density at radius 3 is 2.32 bits per heavy atom. The van der Waals surface area contributed by atoms with Crippen molar-refractivity contribution in [3.05, 3.63) is 76.9 Å². The topological polar surface area (TPSA) is 3.24 Å². The Balaban J connectivity index is 1.59. The van der Waals surface area contributed by atoms with E-state index in [1.807, 2.05) is 12.1 Å². The van der Waals surface area contributed by atoms with Gasteiger partial charge in [-0.3, -0.25) is 4.90 Å². The summed E-state index contributed by atoms with van der Waals surface area (Å²) in [6, 6.07) is 14.5. The van der Waals surface area contributed by atoms with Crippen LogP contribution in [0.4, 0.5) is 8.78 Å². The Hall–Kier alpha value is -2.00. The lowest BCUT2D eigenvalue weighted by molar-refractivity contribution is 0.249. The summed E-state index contributed by atoms with van der Waals surface area (Å²) >= 11 is 0. The van der Waals surface area contributed by atoms with E-state index >= 15 is 0 Å². The minimum atomic E-state index is -0.792. The first-order chi connectivity index (χ1) is 10.7. The number of likely N-dealkylation sites (tertiary alicyclic amines) is 1. The number of benzene rings is 2. The molecule has 0 N–H and O–H groups in total. The molecule has 0 bridgehead atoms. The molecule has 0 radical (unpaired) electrons. The largest absolute Gasteiger partial charge is 0.298 e. The van der Waals surface area contributed by atoms with Crippen molar-refractivity contribution in [2.75, 3.05) is 13.1 Å². The zero-order valence-electron chi connectivity index (χ0n) is 12.4. The normalized spacial score (nSPS) is 15.8. The van der Waals surface area contributed by atoms with Crippen LogP contribution in [0.3, 0.4) is 0 Å². The van der Waals surface area contributed by atoms with Gasteiger partial charge in [-0.05, 0) is 36.1 Å². The molecule has 2 aromatic carbocycles. The van der Waals surface area contributed by atoms with Gasteiger partial charge >= 0.3 is 0 Å². The molecular weight excluding hydrogens is 280 g/mol. The van der Waals surface area contributed by atoms with Gasteiger partial charge in [-0.15, -0.1) is 0 Å². The maximum atomic E-state index is 13.2. The predicted octanol–water partition coefficient (Wildman–Crippen LogP) is 4.64. The van der Waals surface area contributed by atoms with Crippen LogP contribution in [0.25, 0.3) is 6.08 Å². The van der Waals surface area contributed by atoms with Gasteiger partial charge in [0.2, 0.25) is 0 Å². The molecule has 3 rings (SSSR count). The molecule has 22 heavy (non-hydrogen) atoms. The summed E-state index contributed by atoms with van der Waals surface area (Å²) in [6.07, 6.45) is 3.94. The Bertz CT molecular complexity index is 654. The van der Waals surface area contributed by atoms with Crippen molar-refractivity contribution in [1.82, 2.24) is 4.90 Å². The summed E-state index contributed by atoms with van der Waals surface area (Å²) in [5.74, 6) is -1.57. The zero-order chi connectivity index (χ0) is 15.4. The predicted molar refractivity (Wildman–Crippen MR) is 85.3 cm³/mol. The van der Waals surface area contributed by atoms with E-state index in [-0.39, 0.29) is 0 Å². The van der Waals surface area contributed by atoms with Crippen molar-refractivity contribution >= 4 is 6.08 Å². The zero-order valence-corrected chi connectivity index (χ0v) is 12.4. The molecule has 0 aliphatic carbocycles. The number of hydrogen-bond acceptors (Lipinski definition) is 1. The third-order valence-electron chi connectivity index (χ3n) is 4.06. The van der Waals surface area contributed by atoms with Crippen molar-refractivity contribution in [2.45, 2.75) is 19.4 Å². The fourth-order valence-electron chi connectivity index (χ4n) is 2.82. The summed E-state index contributed by atoms with van der Waals surface area (Å²) in [6.45, 7) is 2.98.